The van der Waals surface area contributed by atoms with Crippen molar-refractivity contribution in [3.63, 3.8) is 0 Å². The molecule has 0 atom stereocenters. The van der Waals surface area contributed by atoms with E-state index in [0.717, 1.165) is 6.26 Å². The molecule has 80 valence electrons. The van der Waals surface area contributed by atoms with Gasteiger partial charge in [-0.15, -0.1) is 0 Å². The molecule has 1 N–H and O–H groups in total. The molecule has 0 heterocycles. The Kier molecular flexibility index (Phi) is 4.62. The van der Waals surface area contributed by atoms with Crippen molar-refractivity contribution in [1.82, 2.24) is 5.32 Å². The summed E-state index contributed by atoms with van der Waals surface area (Å²) in [5.74, 6) is 1.59. The topological polar surface area (TPSA) is 63.2 Å². The van der Waals surface area contributed by atoms with Crippen LogP contribution in [0.4, 0.5) is 0 Å². The van der Waals surface area contributed by atoms with E-state index >= 15 is 0 Å². The summed E-state index contributed by atoms with van der Waals surface area (Å²) < 4.78 is 22.0. The Bertz CT molecular complexity index is 375. The predicted octanol–water partition coefficient (Wildman–Crippen LogP) is 0.282. The maximum absolute atomic E-state index is 11.0. The fraction of sp³-hybridized carbons (Fsp3) is 0.625. The summed E-state index contributed by atoms with van der Waals surface area (Å²) in [7, 11) is -3.12. The third kappa shape index (κ3) is 6.92. The Hall–Kier alpha value is -0.540. The van der Waals surface area contributed by atoms with E-state index in [-0.39, 0.29) is 5.75 Å². The van der Waals surface area contributed by atoms with Crippen LogP contribution in [0.3, 0.4) is 0 Å². The van der Waals surface area contributed by atoms with Crippen LogP contribution >= 0.6 is 15.9 Å². The summed E-state index contributed by atoms with van der Waals surface area (Å²) in [6, 6.07) is 0. The third-order valence-corrected chi connectivity index (χ3v) is 2.68. The molecule has 0 aliphatic heterocycles. The predicted molar refractivity (Wildman–Crippen MR) is 58.6 cm³/mol. The van der Waals surface area contributed by atoms with Crippen LogP contribution in [0.2, 0.25) is 0 Å². The van der Waals surface area contributed by atoms with Crippen molar-refractivity contribution in [2.45, 2.75) is 19.4 Å². The summed E-state index contributed by atoms with van der Waals surface area (Å²) in [5, 5.41) is 2.49. The van der Waals surface area contributed by atoms with Gasteiger partial charge in [0.1, 0.15) is 9.84 Å². The first kappa shape index (κ1) is 13.5. The van der Waals surface area contributed by atoms with Gasteiger partial charge in [0.15, 0.2) is 0 Å². The number of amides is 1. The van der Waals surface area contributed by atoms with Crippen molar-refractivity contribution in [1.29, 1.82) is 0 Å². The molecule has 0 bridgehead atoms. The zero-order valence-corrected chi connectivity index (χ0v) is 10.6. The van der Waals surface area contributed by atoms with E-state index in [4.69, 9.17) is 0 Å². The molecule has 0 spiro atoms. The van der Waals surface area contributed by atoms with Crippen LogP contribution in [-0.4, -0.2) is 31.9 Å². The van der Waals surface area contributed by atoms with Gasteiger partial charge in [-0.2, -0.15) is 0 Å². The van der Waals surface area contributed by atoms with Crippen LogP contribution in [-0.2, 0) is 14.6 Å². The highest BCUT2D eigenvalue weighted by atomic mass is 79.9. The van der Waals surface area contributed by atoms with Gasteiger partial charge in [0.2, 0.25) is 0 Å². The Morgan fingerprint density at radius 3 is 2.36 bits per heavy atom. The SMILES string of the molecule is CC(C)(CS(C)(=O)=O)NC(=O)C#CBr. The second-order valence-corrected chi connectivity index (χ2v) is 6.16. The molecule has 4 nitrogen and oxygen atoms in total. The van der Waals surface area contributed by atoms with Gasteiger partial charge < -0.3 is 5.32 Å². The van der Waals surface area contributed by atoms with Crippen LogP contribution in [0.15, 0.2) is 0 Å². The molecule has 0 aliphatic rings. The van der Waals surface area contributed by atoms with E-state index in [0.29, 0.717) is 0 Å². The van der Waals surface area contributed by atoms with Crippen molar-refractivity contribution < 1.29 is 13.2 Å². The average molecular weight is 282 g/mol. The lowest BCUT2D eigenvalue weighted by molar-refractivity contribution is -0.116. The van der Waals surface area contributed by atoms with E-state index in [2.05, 4.69) is 32.0 Å². The summed E-state index contributed by atoms with van der Waals surface area (Å²) in [5.41, 5.74) is -0.804. The Labute approximate surface area is 92.5 Å². The molecule has 0 unspecified atom stereocenters. The second kappa shape index (κ2) is 4.80. The van der Waals surface area contributed by atoms with Gasteiger partial charge in [-0.1, -0.05) is 0 Å². The van der Waals surface area contributed by atoms with Gasteiger partial charge in [0, 0.05) is 33.6 Å². The molecule has 0 saturated carbocycles. The molecule has 0 rings (SSSR count). The van der Waals surface area contributed by atoms with E-state index < -0.39 is 21.3 Å². The molecule has 0 fully saturated rings. The van der Waals surface area contributed by atoms with Gasteiger partial charge in [0.05, 0.1) is 5.75 Å². The van der Waals surface area contributed by atoms with Gasteiger partial charge in [0.25, 0.3) is 5.91 Å². The molecule has 14 heavy (non-hydrogen) atoms. The van der Waals surface area contributed by atoms with Crippen LogP contribution < -0.4 is 5.32 Å². The van der Waals surface area contributed by atoms with Gasteiger partial charge in [-0.05, 0) is 18.7 Å². The Morgan fingerprint density at radius 1 is 1.50 bits per heavy atom. The van der Waals surface area contributed by atoms with Crippen molar-refractivity contribution >= 4 is 31.7 Å². The maximum atomic E-state index is 11.0. The molecule has 1 amide bonds. The number of hydrogen-bond donors (Lipinski definition) is 1. The number of carbonyl (C=O) groups is 1. The molecule has 6 heteroatoms. The minimum Gasteiger partial charge on any atom is -0.339 e. The lowest BCUT2D eigenvalue weighted by atomic mass is 10.1. The molecule has 0 aromatic carbocycles. The van der Waals surface area contributed by atoms with Crippen LogP contribution in [0.1, 0.15) is 13.8 Å². The molecule has 0 radical (unpaired) electrons. The van der Waals surface area contributed by atoms with Crippen LogP contribution in [0.5, 0.6) is 0 Å². The largest absolute Gasteiger partial charge is 0.339 e. The van der Waals surface area contributed by atoms with E-state index in [1.807, 2.05) is 0 Å². The molecule has 0 aromatic rings. The van der Waals surface area contributed by atoms with Crippen LogP contribution in [0.25, 0.3) is 0 Å². The Balaban J connectivity index is 4.48. The van der Waals surface area contributed by atoms with Crippen molar-refractivity contribution in [3.05, 3.63) is 0 Å². The third-order valence-electron chi connectivity index (χ3n) is 1.24. The zero-order valence-electron chi connectivity index (χ0n) is 8.22. The number of sulfone groups is 1. The lowest BCUT2D eigenvalue weighted by Crippen LogP contribution is -2.47. The summed E-state index contributed by atoms with van der Waals surface area (Å²) in [6.45, 7) is 3.25. The first-order valence-electron chi connectivity index (χ1n) is 3.78. The Morgan fingerprint density at radius 2 is 2.00 bits per heavy atom. The average Bonchev–Trinajstić information content (AvgIpc) is 1.78. The van der Waals surface area contributed by atoms with Gasteiger partial charge >= 0.3 is 0 Å². The quantitative estimate of drug-likeness (QED) is 0.756. The van der Waals surface area contributed by atoms with Crippen molar-refractivity contribution in [2.75, 3.05) is 12.0 Å². The fourth-order valence-electron chi connectivity index (χ4n) is 1.07. The van der Waals surface area contributed by atoms with Crippen molar-refractivity contribution in [3.8, 4) is 10.8 Å². The van der Waals surface area contributed by atoms with Gasteiger partial charge in [-0.3, -0.25) is 4.79 Å². The summed E-state index contributed by atoms with van der Waals surface area (Å²) in [6.07, 6.45) is 1.12. The molecule has 0 saturated heterocycles. The van der Waals surface area contributed by atoms with Crippen molar-refractivity contribution in [2.24, 2.45) is 0 Å². The minimum atomic E-state index is -3.12. The van der Waals surface area contributed by atoms with E-state index in [9.17, 15) is 13.2 Å². The highest BCUT2D eigenvalue weighted by molar-refractivity contribution is 9.12. The molecular formula is C8H12BrNO3S. The number of carbonyl (C=O) groups excluding carboxylic acids is 1. The second-order valence-electron chi connectivity index (χ2n) is 3.63. The van der Waals surface area contributed by atoms with Crippen LogP contribution in [0, 0.1) is 10.8 Å². The normalized spacial score (nSPS) is 11.4. The summed E-state index contributed by atoms with van der Waals surface area (Å²) >= 11 is 2.78. The summed E-state index contributed by atoms with van der Waals surface area (Å²) in [4.78, 5) is 13.3. The highest BCUT2D eigenvalue weighted by Crippen LogP contribution is 2.05. The standard InChI is InChI=1S/C8H12BrNO3S/c1-8(2,6-14(3,12)13)10-7(11)4-5-9/h6H2,1-3H3,(H,10,11). The molecule has 0 aliphatic carbocycles. The number of nitrogens with one attached hydrogen (secondary N) is 1. The smallest absolute Gasteiger partial charge is 0.297 e. The fourth-order valence-corrected chi connectivity index (χ4v) is 2.64. The monoisotopic (exact) mass is 281 g/mol. The lowest BCUT2D eigenvalue weighted by Gasteiger charge is -2.23. The minimum absolute atomic E-state index is 0.115. The first-order valence-corrected chi connectivity index (χ1v) is 6.63. The number of rotatable bonds is 3. The number of halogens is 1. The molecular weight excluding hydrogens is 270 g/mol. The first-order chi connectivity index (χ1) is 6.16. The van der Waals surface area contributed by atoms with Gasteiger partial charge in [-0.25, -0.2) is 8.42 Å². The molecule has 0 aromatic heterocycles. The maximum Gasteiger partial charge on any atom is 0.297 e. The van der Waals surface area contributed by atoms with E-state index in [1.54, 1.807) is 13.8 Å². The zero-order chi connectivity index (χ0) is 11.4. The highest BCUT2D eigenvalue weighted by Gasteiger charge is 2.24. The number of hydrogen-bond acceptors (Lipinski definition) is 3. The van der Waals surface area contributed by atoms with E-state index in [1.165, 1.54) is 0 Å².